The molecule has 1 saturated heterocycles. The molecule has 2 fully saturated rings. The van der Waals surface area contributed by atoms with Crippen LogP contribution in [0.15, 0.2) is 0 Å². The van der Waals surface area contributed by atoms with E-state index in [1.165, 1.54) is 25.7 Å². The zero-order valence-corrected chi connectivity index (χ0v) is 9.59. The molecule has 1 aliphatic carbocycles. The van der Waals surface area contributed by atoms with Gasteiger partial charge < -0.3 is 10.6 Å². The summed E-state index contributed by atoms with van der Waals surface area (Å²) in [5, 5.41) is 6.37. The van der Waals surface area contributed by atoms with Gasteiger partial charge in [0.05, 0.1) is 6.04 Å². The van der Waals surface area contributed by atoms with Crippen molar-refractivity contribution in [3.63, 3.8) is 0 Å². The summed E-state index contributed by atoms with van der Waals surface area (Å²) in [5.74, 6) is 1.11. The summed E-state index contributed by atoms with van der Waals surface area (Å²) >= 11 is 0. The monoisotopic (exact) mass is 210 g/mol. The molecule has 1 heterocycles. The third-order valence-electron chi connectivity index (χ3n) is 3.68. The van der Waals surface area contributed by atoms with Crippen LogP contribution in [0.1, 0.15) is 45.4 Å². The maximum Gasteiger partial charge on any atom is 0.237 e. The average Bonchev–Trinajstić information content (AvgIpc) is 2.16. The van der Waals surface area contributed by atoms with Crippen LogP contribution in [0, 0.1) is 5.92 Å². The Hall–Kier alpha value is -0.570. The van der Waals surface area contributed by atoms with Crippen molar-refractivity contribution in [3.8, 4) is 0 Å². The van der Waals surface area contributed by atoms with E-state index in [4.69, 9.17) is 0 Å². The van der Waals surface area contributed by atoms with E-state index in [2.05, 4.69) is 17.6 Å². The van der Waals surface area contributed by atoms with Gasteiger partial charge in [-0.2, -0.15) is 0 Å². The number of carbonyl (C=O) groups is 1. The second-order valence-corrected chi connectivity index (χ2v) is 5.09. The lowest BCUT2D eigenvalue weighted by atomic mass is 9.81. The molecular weight excluding hydrogens is 188 g/mol. The summed E-state index contributed by atoms with van der Waals surface area (Å²) in [6.07, 6.45) is 7.54. The molecule has 0 aromatic carbocycles. The SMILES string of the molecule is CC(CC1CCC1)NC1CCCNC1=O. The Balaban J connectivity index is 1.71. The molecule has 0 aromatic rings. The van der Waals surface area contributed by atoms with E-state index in [1.54, 1.807) is 0 Å². The van der Waals surface area contributed by atoms with Crippen LogP contribution < -0.4 is 10.6 Å². The molecule has 2 aliphatic rings. The number of nitrogens with one attached hydrogen (secondary N) is 2. The minimum atomic E-state index is 0.0637. The average molecular weight is 210 g/mol. The van der Waals surface area contributed by atoms with Crippen LogP contribution >= 0.6 is 0 Å². The number of hydrogen-bond donors (Lipinski definition) is 2. The Morgan fingerprint density at radius 1 is 1.40 bits per heavy atom. The molecule has 2 rings (SSSR count). The highest BCUT2D eigenvalue weighted by Gasteiger charge is 2.25. The van der Waals surface area contributed by atoms with Crippen molar-refractivity contribution in [2.75, 3.05) is 6.54 Å². The third-order valence-corrected chi connectivity index (χ3v) is 3.68. The van der Waals surface area contributed by atoms with Crippen LogP contribution in [-0.2, 0) is 4.79 Å². The van der Waals surface area contributed by atoms with Crippen LogP contribution in [0.5, 0.6) is 0 Å². The van der Waals surface area contributed by atoms with Crippen LogP contribution in [0.25, 0.3) is 0 Å². The lowest BCUT2D eigenvalue weighted by Gasteiger charge is -2.31. The van der Waals surface area contributed by atoms with Gasteiger partial charge >= 0.3 is 0 Å². The van der Waals surface area contributed by atoms with E-state index in [0.29, 0.717) is 6.04 Å². The first-order valence-electron chi connectivity index (χ1n) is 6.29. The topological polar surface area (TPSA) is 41.1 Å². The minimum absolute atomic E-state index is 0.0637. The van der Waals surface area contributed by atoms with Crippen LogP contribution in [0.4, 0.5) is 0 Å². The Morgan fingerprint density at radius 3 is 2.80 bits per heavy atom. The summed E-state index contributed by atoms with van der Waals surface area (Å²) in [6.45, 7) is 3.06. The fourth-order valence-corrected chi connectivity index (χ4v) is 2.57. The van der Waals surface area contributed by atoms with Gasteiger partial charge in [-0.25, -0.2) is 0 Å². The predicted molar refractivity (Wildman–Crippen MR) is 60.6 cm³/mol. The summed E-state index contributed by atoms with van der Waals surface area (Å²) in [6, 6.07) is 0.554. The van der Waals surface area contributed by atoms with Gasteiger partial charge in [0.2, 0.25) is 5.91 Å². The van der Waals surface area contributed by atoms with E-state index >= 15 is 0 Å². The van der Waals surface area contributed by atoms with Gasteiger partial charge in [0.15, 0.2) is 0 Å². The fraction of sp³-hybridized carbons (Fsp3) is 0.917. The third kappa shape index (κ3) is 2.94. The first-order valence-corrected chi connectivity index (χ1v) is 6.29. The van der Waals surface area contributed by atoms with E-state index in [-0.39, 0.29) is 11.9 Å². The van der Waals surface area contributed by atoms with Crippen molar-refractivity contribution in [2.24, 2.45) is 5.92 Å². The maximum atomic E-state index is 11.5. The summed E-state index contributed by atoms with van der Waals surface area (Å²) in [4.78, 5) is 11.5. The highest BCUT2D eigenvalue weighted by Crippen LogP contribution is 2.30. The maximum absolute atomic E-state index is 11.5. The van der Waals surface area contributed by atoms with Gasteiger partial charge in [0, 0.05) is 12.6 Å². The van der Waals surface area contributed by atoms with Crippen molar-refractivity contribution < 1.29 is 4.79 Å². The van der Waals surface area contributed by atoms with Gasteiger partial charge in [0.25, 0.3) is 0 Å². The Labute approximate surface area is 92.0 Å². The molecule has 0 bridgehead atoms. The number of hydrogen-bond acceptors (Lipinski definition) is 2. The normalized spacial score (nSPS) is 29.4. The van der Waals surface area contributed by atoms with Crippen molar-refractivity contribution >= 4 is 5.91 Å². The van der Waals surface area contributed by atoms with E-state index < -0.39 is 0 Å². The summed E-state index contributed by atoms with van der Waals surface area (Å²) in [5.41, 5.74) is 0. The number of rotatable bonds is 4. The predicted octanol–water partition coefficient (Wildman–Crippen LogP) is 1.43. The quantitative estimate of drug-likeness (QED) is 0.737. The zero-order valence-electron chi connectivity index (χ0n) is 9.59. The second kappa shape index (κ2) is 4.97. The first-order chi connectivity index (χ1) is 7.25. The highest BCUT2D eigenvalue weighted by atomic mass is 16.2. The summed E-state index contributed by atoms with van der Waals surface area (Å²) in [7, 11) is 0. The minimum Gasteiger partial charge on any atom is -0.355 e. The Kier molecular flexibility index (Phi) is 3.62. The molecule has 2 N–H and O–H groups in total. The molecule has 0 radical (unpaired) electrons. The molecular formula is C12H22N2O. The molecule has 1 saturated carbocycles. The molecule has 3 nitrogen and oxygen atoms in total. The lowest BCUT2D eigenvalue weighted by molar-refractivity contribution is -0.124. The van der Waals surface area contributed by atoms with Gasteiger partial charge in [0.1, 0.15) is 0 Å². The Morgan fingerprint density at radius 2 is 2.20 bits per heavy atom. The van der Waals surface area contributed by atoms with Crippen LogP contribution in [0.2, 0.25) is 0 Å². The van der Waals surface area contributed by atoms with Gasteiger partial charge in [-0.3, -0.25) is 4.79 Å². The van der Waals surface area contributed by atoms with Crippen LogP contribution in [0.3, 0.4) is 0 Å². The molecule has 86 valence electrons. The van der Waals surface area contributed by atoms with Gasteiger partial charge in [-0.05, 0) is 32.1 Å². The first kappa shape index (κ1) is 10.9. The molecule has 2 atom stereocenters. The molecule has 15 heavy (non-hydrogen) atoms. The van der Waals surface area contributed by atoms with Crippen molar-refractivity contribution in [1.82, 2.24) is 10.6 Å². The molecule has 1 aliphatic heterocycles. The van der Waals surface area contributed by atoms with Gasteiger partial charge in [-0.1, -0.05) is 19.3 Å². The molecule has 1 amide bonds. The van der Waals surface area contributed by atoms with E-state index in [0.717, 1.165) is 25.3 Å². The fourth-order valence-electron chi connectivity index (χ4n) is 2.57. The van der Waals surface area contributed by atoms with Crippen molar-refractivity contribution in [1.29, 1.82) is 0 Å². The summed E-state index contributed by atoms with van der Waals surface area (Å²) < 4.78 is 0. The second-order valence-electron chi connectivity index (χ2n) is 5.09. The number of amides is 1. The Bertz CT molecular complexity index is 226. The van der Waals surface area contributed by atoms with Crippen molar-refractivity contribution in [2.45, 2.75) is 57.5 Å². The van der Waals surface area contributed by atoms with E-state index in [1.807, 2.05) is 0 Å². The van der Waals surface area contributed by atoms with Crippen LogP contribution in [-0.4, -0.2) is 24.5 Å². The van der Waals surface area contributed by atoms with Gasteiger partial charge in [-0.15, -0.1) is 0 Å². The largest absolute Gasteiger partial charge is 0.355 e. The standard InChI is InChI=1S/C12H22N2O/c1-9(8-10-4-2-5-10)14-11-6-3-7-13-12(11)15/h9-11,14H,2-8H2,1H3,(H,13,15). The lowest BCUT2D eigenvalue weighted by Crippen LogP contribution is -2.51. The van der Waals surface area contributed by atoms with Crippen molar-refractivity contribution in [3.05, 3.63) is 0 Å². The molecule has 0 spiro atoms. The molecule has 0 aromatic heterocycles. The zero-order chi connectivity index (χ0) is 10.7. The molecule has 2 unspecified atom stereocenters. The van der Waals surface area contributed by atoms with E-state index in [9.17, 15) is 4.79 Å². The molecule has 3 heteroatoms. The number of carbonyl (C=O) groups excluding carboxylic acids is 1. The highest BCUT2D eigenvalue weighted by molar-refractivity contribution is 5.82. The number of piperidine rings is 1. The smallest absolute Gasteiger partial charge is 0.237 e.